The van der Waals surface area contributed by atoms with Gasteiger partial charge < -0.3 is 10.1 Å². The molecule has 1 amide bonds. The molecule has 0 aliphatic heterocycles. The maximum atomic E-state index is 12.6. The van der Waals surface area contributed by atoms with Gasteiger partial charge in [0, 0.05) is 16.8 Å². The summed E-state index contributed by atoms with van der Waals surface area (Å²) in [5, 5.41) is 3.25. The van der Waals surface area contributed by atoms with Crippen molar-refractivity contribution in [3.8, 4) is 11.5 Å². The number of para-hydroxylation sites is 1. The minimum absolute atomic E-state index is 0.0712. The quantitative estimate of drug-likeness (QED) is 0.619. The number of nitrogens with one attached hydrogen (secondary N) is 1. The van der Waals surface area contributed by atoms with Crippen molar-refractivity contribution in [2.24, 2.45) is 0 Å². The first-order valence-electron chi connectivity index (χ1n) is 8.41. The highest BCUT2D eigenvalue weighted by Crippen LogP contribution is 2.32. The molecule has 0 aliphatic rings. The summed E-state index contributed by atoms with van der Waals surface area (Å²) in [6.07, 6.45) is 1.17. The fourth-order valence-electron chi connectivity index (χ4n) is 2.55. The fraction of sp³-hybridized carbons (Fsp3) is 0.0952. The van der Waals surface area contributed by atoms with Gasteiger partial charge in [0.1, 0.15) is 5.75 Å². The van der Waals surface area contributed by atoms with Gasteiger partial charge in [-0.15, -0.1) is 0 Å². The molecule has 3 aromatic rings. The zero-order valence-electron chi connectivity index (χ0n) is 15.1. The third-order valence-electron chi connectivity index (χ3n) is 3.81. The molecule has 3 aromatic carbocycles. The molecular weight excluding hydrogens is 398 g/mol. The van der Waals surface area contributed by atoms with E-state index < -0.39 is 9.84 Å². The third kappa shape index (κ3) is 5.58. The van der Waals surface area contributed by atoms with Crippen LogP contribution in [0.25, 0.3) is 0 Å². The predicted molar refractivity (Wildman–Crippen MR) is 111 cm³/mol. The second-order valence-electron chi connectivity index (χ2n) is 6.28. The molecule has 0 saturated heterocycles. The number of amides is 1. The number of benzene rings is 3. The van der Waals surface area contributed by atoms with Crippen LogP contribution in [0.5, 0.6) is 11.5 Å². The summed E-state index contributed by atoms with van der Waals surface area (Å²) in [5.41, 5.74) is 1.44. The minimum Gasteiger partial charge on any atom is -0.455 e. The third-order valence-corrected chi connectivity index (χ3v) is 4.90. The van der Waals surface area contributed by atoms with Crippen LogP contribution < -0.4 is 10.1 Å². The summed E-state index contributed by atoms with van der Waals surface area (Å²) in [4.78, 5) is 12.6. The molecule has 0 saturated carbocycles. The van der Waals surface area contributed by atoms with Crippen LogP contribution in [0.15, 0.2) is 72.8 Å². The van der Waals surface area contributed by atoms with Crippen molar-refractivity contribution in [1.82, 2.24) is 0 Å². The Hall–Kier alpha value is -2.83. The zero-order valence-corrected chi connectivity index (χ0v) is 16.6. The predicted octanol–water partition coefficient (Wildman–Crippen LogP) is 4.93. The normalized spacial score (nSPS) is 11.1. The highest BCUT2D eigenvalue weighted by molar-refractivity contribution is 7.89. The van der Waals surface area contributed by atoms with E-state index in [4.69, 9.17) is 16.3 Å². The van der Waals surface area contributed by atoms with Gasteiger partial charge in [-0.05, 0) is 48.0 Å². The van der Waals surface area contributed by atoms with Gasteiger partial charge in [-0.25, -0.2) is 8.42 Å². The summed E-state index contributed by atoms with van der Waals surface area (Å²) in [7, 11) is -3.13. The number of carbonyl (C=O) groups excluding carboxylic acids is 1. The van der Waals surface area contributed by atoms with E-state index in [1.54, 1.807) is 54.6 Å². The van der Waals surface area contributed by atoms with E-state index in [9.17, 15) is 13.2 Å². The Balaban J connectivity index is 1.79. The number of ether oxygens (including phenoxy) is 1. The highest BCUT2D eigenvalue weighted by atomic mass is 35.5. The molecule has 0 heterocycles. The lowest BCUT2D eigenvalue weighted by molar-refractivity contribution is 0.102. The summed E-state index contributed by atoms with van der Waals surface area (Å²) >= 11 is 6.07. The van der Waals surface area contributed by atoms with Gasteiger partial charge in [0.25, 0.3) is 5.91 Å². The van der Waals surface area contributed by atoms with Gasteiger partial charge in [0.05, 0.1) is 11.4 Å². The molecule has 0 atom stereocenters. The summed E-state index contributed by atoms with van der Waals surface area (Å²) < 4.78 is 28.6. The highest BCUT2D eigenvalue weighted by Gasteiger charge is 2.12. The van der Waals surface area contributed by atoms with Gasteiger partial charge in [-0.3, -0.25) is 4.79 Å². The van der Waals surface area contributed by atoms with E-state index in [0.717, 1.165) is 0 Å². The Morgan fingerprint density at radius 2 is 1.68 bits per heavy atom. The van der Waals surface area contributed by atoms with Crippen molar-refractivity contribution >= 4 is 33.0 Å². The fourth-order valence-corrected chi connectivity index (χ4v) is 3.52. The van der Waals surface area contributed by atoms with Crippen LogP contribution in [0.1, 0.15) is 15.9 Å². The maximum Gasteiger partial charge on any atom is 0.255 e. The van der Waals surface area contributed by atoms with Crippen LogP contribution in [0.2, 0.25) is 5.02 Å². The Morgan fingerprint density at radius 3 is 2.32 bits per heavy atom. The number of halogens is 1. The smallest absolute Gasteiger partial charge is 0.255 e. The van der Waals surface area contributed by atoms with Gasteiger partial charge in [-0.2, -0.15) is 0 Å². The largest absolute Gasteiger partial charge is 0.455 e. The Kier molecular flexibility index (Phi) is 6.02. The molecule has 0 bridgehead atoms. The first-order valence-corrected chi connectivity index (χ1v) is 10.8. The molecule has 0 fully saturated rings. The van der Waals surface area contributed by atoms with Crippen molar-refractivity contribution in [2.45, 2.75) is 5.75 Å². The Morgan fingerprint density at radius 1 is 1.00 bits per heavy atom. The minimum atomic E-state index is -3.13. The van der Waals surface area contributed by atoms with Crippen molar-refractivity contribution < 1.29 is 17.9 Å². The molecule has 0 radical (unpaired) electrons. The number of sulfone groups is 1. The first kappa shape index (κ1) is 19.9. The number of carbonyl (C=O) groups is 1. The number of rotatable bonds is 6. The topological polar surface area (TPSA) is 72.5 Å². The molecular formula is C21H18ClNO4S. The van der Waals surface area contributed by atoms with Gasteiger partial charge in [0.2, 0.25) is 0 Å². The molecule has 28 heavy (non-hydrogen) atoms. The van der Waals surface area contributed by atoms with Crippen molar-refractivity contribution in [3.05, 3.63) is 88.9 Å². The van der Waals surface area contributed by atoms with Crippen LogP contribution >= 0.6 is 11.6 Å². The SMILES string of the molecule is CS(=O)(=O)Cc1ccc(C(=O)Nc2cc(Cl)ccc2Oc2ccccc2)cc1. The average Bonchev–Trinajstić information content (AvgIpc) is 2.64. The molecule has 1 N–H and O–H groups in total. The van der Waals surface area contributed by atoms with Gasteiger partial charge >= 0.3 is 0 Å². The zero-order chi connectivity index (χ0) is 20.1. The van der Waals surface area contributed by atoms with Crippen LogP contribution in [0, 0.1) is 0 Å². The second-order valence-corrected chi connectivity index (χ2v) is 8.85. The molecule has 0 spiro atoms. The standard InChI is InChI=1S/C21H18ClNO4S/c1-28(25,26)14-15-7-9-16(10-8-15)21(24)23-19-13-17(22)11-12-20(19)27-18-5-3-2-4-6-18/h2-13H,14H2,1H3,(H,23,24). The van der Waals surface area contributed by atoms with E-state index in [-0.39, 0.29) is 11.7 Å². The van der Waals surface area contributed by atoms with Crippen LogP contribution in [0.3, 0.4) is 0 Å². The van der Waals surface area contributed by atoms with Crippen LogP contribution in [0.4, 0.5) is 5.69 Å². The van der Waals surface area contributed by atoms with E-state index in [1.165, 1.54) is 6.26 Å². The molecule has 5 nitrogen and oxygen atoms in total. The first-order chi connectivity index (χ1) is 13.3. The lowest BCUT2D eigenvalue weighted by Gasteiger charge is -2.13. The van der Waals surface area contributed by atoms with Gasteiger partial charge in [-0.1, -0.05) is 41.9 Å². The van der Waals surface area contributed by atoms with E-state index in [1.807, 2.05) is 18.2 Å². The molecule has 0 unspecified atom stereocenters. The monoisotopic (exact) mass is 415 g/mol. The van der Waals surface area contributed by atoms with Gasteiger partial charge in [0.15, 0.2) is 15.6 Å². The summed E-state index contributed by atoms with van der Waals surface area (Å²) in [6, 6.07) is 20.6. The Bertz CT molecular complexity index is 1080. The van der Waals surface area contributed by atoms with Crippen LogP contribution in [-0.4, -0.2) is 20.6 Å². The van der Waals surface area contributed by atoms with Crippen molar-refractivity contribution in [3.63, 3.8) is 0 Å². The molecule has 0 aliphatic carbocycles. The summed E-state index contributed by atoms with van der Waals surface area (Å²) in [6.45, 7) is 0. The number of hydrogen-bond acceptors (Lipinski definition) is 4. The lowest BCUT2D eigenvalue weighted by atomic mass is 10.1. The van der Waals surface area contributed by atoms with E-state index in [2.05, 4.69) is 5.32 Å². The van der Waals surface area contributed by atoms with Crippen molar-refractivity contribution in [2.75, 3.05) is 11.6 Å². The molecule has 3 rings (SSSR count). The molecule has 7 heteroatoms. The summed E-state index contributed by atoms with van der Waals surface area (Å²) in [5.74, 6) is 0.660. The molecule has 0 aromatic heterocycles. The van der Waals surface area contributed by atoms with E-state index >= 15 is 0 Å². The average molecular weight is 416 g/mol. The second kappa shape index (κ2) is 8.46. The van der Waals surface area contributed by atoms with Crippen molar-refractivity contribution in [1.29, 1.82) is 0 Å². The Labute approximate surface area is 168 Å². The lowest BCUT2D eigenvalue weighted by Crippen LogP contribution is -2.12. The number of anilines is 1. The van der Waals surface area contributed by atoms with E-state index in [0.29, 0.717) is 33.3 Å². The number of hydrogen-bond donors (Lipinski definition) is 1. The maximum absolute atomic E-state index is 12.6. The van der Waals surface area contributed by atoms with Crippen LogP contribution in [-0.2, 0) is 15.6 Å². The molecule has 144 valence electrons.